The van der Waals surface area contributed by atoms with E-state index >= 15 is 0 Å². The third-order valence-corrected chi connectivity index (χ3v) is 16.2. The lowest BCUT2D eigenvalue weighted by Gasteiger charge is -2.32. The van der Waals surface area contributed by atoms with Gasteiger partial charge in [0.2, 0.25) is 0 Å². The van der Waals surface area contributed by atoms with Gasteiger partial charge in [-0.15, -0.1) is 0 Å². The highest BCUT2D eigenvalue weighted by Crippen LogP contribution is 2.38. The second-order valence-electron chi connectivity index (χ2n) is 21.3. The molecule has 0 radical (unpaired) electrons. The Labute approximate surface area is 501 Å². The summed E-state index contributed by atoms with van der Waals surface area (Å²) in [5.41, 5.74) is 15.7. The van der Waals surface area contributed by atoms with E-state index in [0.717, 1.165) is 46.8 Å². The average molecular weight is 1210 g/mol. The maximum absolute atomic E-state index is 6.17. The van der Waals surface area contributed by atoms with Crippen molar-refractivity contribution in [2.45, 2.75) is 101 Å². The van der Waals surface area contributed by atoms with E-state index in [0.29, 0.717) is 0 Å². The number of hydrogen-bond donors (Lipinski definition) is 0. The Bertz CT molecular complexity index is 3420. The van der Waals surface area contributed by atoms with Crippen molar-refractivity contribution in [1.29, 1.82) is 0 Å². The Morgan fingerprint density at radius 2 is 0.951 bits per heavy atom. The predicted molar refractivity (Wildman–Crippen MR) is 344 cm³/mol. The molecule has 0 bridgehead atoms. The molecule has 9 nitrogen and oxygen atoms in total. The van der Waals surface area contributed by atoms with Gasteiger partial charge in [-0.25, -0.2) is 14.7 Å². The van der Waals surface area contributed by atoms with E-state index in [1.165, 1.54) is 113 Å². The van der Waals surface area contributed by atoms with Crippen LogP contribution in [-0.2, 0) is 42.4 Å². The largest absolute Gasteiger partial charge is 0.494 e. The molecule has 1 saturated heterocycles. The minimum atomic E-state index is -0.351. The molecule has 14 heteroatoms. The second-order valence-corrected chi connectivity index (χ2v) is 24.5. The quantitative estimate of drug-likeness (QED) is 0.0286. The summed E-state index contributed by atoms with van der Waals surface area (Å²) in [6.45, 7) is 21.4. The van der Waals surface area contributed by atoms with Crippen molar-refractivity contribution in [1.82, 2.24) is 4.98 Å². The summed E-state index contributed by atoms with van der Waals surface area (Å²) in [5.74, 6) is 0. The second kappa shape index (κ2) is 29.6. The number of rotatable bonds is 17. The number of aromatic nitrogens is 1. The van der Waals surface area contributed by atoms with E-state index in [4.69, 9.17) is 27.3 Å². The average Bonchev–Trinajstić information content (AvgIpc) is 3.82. The van der Waals surface area contributed by atoms with Crippen LogP contribution >= 0.6 is 52.1 Å². The van der Waals surface area contributed by atoms with E-state index in [1.807, 2.05) is 66.9 Å². The van der Waals surface area contributed by atoms with Crippen LogP contribution in [0.5, 0.6) is 0 Å². The van der Waals surface area contributed by atoms with Gasteiger partial charge < -0.3 is 9.31 Å². The standard InChI is InChI=1S/C29H29NO2S.C22H27BO4S.C16H15BrO2S/c1-20(22-11-13-26(14-12-22)33-32-31-5)16-21-8-6-9-23(17-21)27-19-25(29(2,3)4)18-24-10-7-15-30-28(24)27;1-16(18-10-12-20(13-11-18)28-27-24-6)14-17-8-7-9-19(15-17)23-25-21(2,3)22(4,5)26-23;1-12(10-13-4-3-5-15(17)11-13)14-6-8-16(9-7-14)20-19-18-2/h6-19H,1-5H3;7-15H,1-6H3;3-11H,1-2H3/b20-16-;16-14-;12-10-. The Balaban J connectivity index is 0.000000181. The summed E-state index contributed by atoms with van der Waals surface area (Å²) in [6, 6.07) is 58.6. The molecule has 8 aromatic rings. The molecule has 7 aromatic carbocycles. The molecule has 1 aliphatic heterocycles. The lowest BCUT2D eigenvalue weighted by molar-refractivity contribution is -0.160. The fourth-order valence-electron chi connectivity index (χ4n) is 8.55. The number of fused-ring (bicyclic) bond motifs is 1. The SMILES string of the molecule is COOSc1ccc(/C(C)=C\c2cccc(-c3cc(C(C)(C)C)cc4cccnc34)c2)cc1.COOSc1ccc(/C(C)=C\c2cccc(B3OC(C)(C)C(C)(C)O3)c2)cc1.COOSc1ccc(/C(C)=C\c2cccc(Br)c2)cc1. The van der Waals surface area contributed by atoms with Crippen molar-refractivity contribution in [2.24, 2.45) is 0 Å². The van der Waals surface area contributed by atoms with Crippen molar-refractivity contribution >= 4 is 110 Å². The highest BCUT2D eigenvalue weighted by molar-refractivity contribution is 9.10. The molecule has 0 atom stereocenters. The van der Waals surface area contributed by atoms with Gasteiger partial charge in [-0.3, -0.25) is 4.98 Å². The van der Waals surface area contributed by atoms with Crippen LogP contribution in [0.25, 0.3) is 57.0 Å². The third-order valence-electron chi connectivity index (χ3n) is 13.7. The smallest absolute Gasteiger partial charge is 0.399 e. The van der Waals surface area contributed by atoms with Crippen molar-refractivity contribution in [3.63, 3.8) is 0 Å². The van der Waals surface area contributed by atoms with Crippen LogP contribution in [-0.4, -0.2) is 44.6 Å². The molecule has 0 unspecified atom stereocenters. The molecule has 0 aliphatic carbocycles. The first kappa shape index (κ1) is 63.0. The molecule has 0 N–H and O–H groups in total. The van der Waals surface area contributed by atoms with Gasteiger partial charge >= 0.3 is 7.12 Å². The number of allylic oxidation sites excluding steroid dienone is 3. The Hall–Kier alpha value is -5.56. The molecule has 2 heterocycles. The molecule has 0 spiro atoms. The van der Waals surface area contributed by atoms with E-state index in [9.17, 15) is 0 Å². The van der Waals surface area contributed by atoms with E-state index < -0.39 is 0 Å². The molecule has 0 amide bonds. The van der Waals surface area contributed by atoms with Gasteiger partial charge in [0.1, 0.15) is 0 Å². The fourth-order valence-corrected chi connectivity index (χ4v) is 10.2. The van der Waals surface area contributed by atoms with Crippen LogP contribution in [0.4, 0.5) is 0 Å². The summed E-state index contributed by atoms with van der Waals surface area (Å²) in [7, 11) is 4.13. The summed E-state index contributed by atoms with van der Waals surface area (Å²) in [4.78, 5) is 21.5. The highest BCUT2D eigenvalue weighted by Gasteiger charge is 2.51. The first-order valence-corrected chi connectivity index (χ1v) is 29.5. The van der Waals surface area contributed by atoms with Crippen LogP contribution in [0.15, 0.2) is 195 Å². The minimum absolute atomic E-state index is 0.0611. The molecular weight excluding hydrogens is 1130 g/mol. The maximum Gasteiger partial charge on any atom is 0.494 e. The van der Waals surface area contributed by atoms with Gasteiger partial charge in [-0.05, 0) is 193 Å². The Morgan fingerprint density at radius 3 is 1.40 bits per heavy atom. The topological polar surface area (TPSA) is 86.7 Å². The number of halogens is 1. The van der Waals surface area contributed by atoms with Crippen molar-refractivity contribution < 1.29 is 37.0 Å². The van der Waals surface area contributed by atoms with Gasteiger partial charge in [0, 0.05) is 36.3 Å². The van der Waals surface area contributed by atoms with Crippen LogP contribution in [0.2, 0.25) is 0 Å². The lowest BCUT2D eigenvalue weighted by atomic mass is 9.78. The fraction of sp³-hybridized carbons (Fsp3) is 0.239. The Kier molecular flexibility index (Phi) is 23.0. The zero-order valence-corrected chi connectivity index (χ0v) is 52.4. The number of benzene rings is 7. The monoisotopic (exact) mass is 1200 g/mol. The minimum Gasteiger partial charge on any atom is -0.399 e. The van der Waals surface area contributed by atoms with Crippen LogP contribution in [0.3, 0.4) is 0 Å². The van der Waals surface area contributed by atoms with Crippen LogP contribution in [0.1, 0.15) is 108 Å². The van der Waals surface area contributed by atoms with E-state index in [2.05, 4.69) is 227 Å². The zero-order valence-electron chi connectivity index (χ0n) is 48.4. The molecule has 1 aliphatic rings. The Morgan fingerprint density at radius 1 is 0.519 bits per heavy atom. The van der Waals surface area contributed by atoms with Crippen LogP contribution < -0.4 is 5.46 Å². The van der Waals surface area contributed by atoms with Gasteiger partial charge in [0.05, 0.1) is 74.2 Å². The van der Waals surface area contributed by atoms with E-state index in [-0.39, 0.29) is 23.7 Å². The van der Waals surface area contributed by atoms with Gasteiger partial charge in [-0.2, -0.15) is 13.0 Å². The zero-order chi connectivity index (χ0) is 58.2. The molecular formula is C67H71BBrNO8S3. The normalized spacial score (nSPS) is 14.3. The highest BCUT2D eigenvalue weighted by atomic mass is 79.9. The van der Waals surface area contributed by atoms with Crippen LogP contribution in [0, 0.1) is 0 Å². The maximum atomic E-state index is 6.17. The van der Waals surface area contributed by atoms with Gasteiger partial charge in [0.25, 0.3) is 0 Å². The lowest BCUT2D eigenvalue weighted by Crippen LogP contribution is -2.41. The third kappa shape index (κ3) is 18.2. The van der Waals surface area contributed by atoms with Crippen molar-refractivity contribution in [3.8, 4) is 11.1 Å². The molecule has 420 valence electrons. The van der Waals surface area contributed by atoms with Gasteiger partial charge in [-0.1, -0.05) is 152 Å². The molecule has 1 fully saturated rings. The predicted octanol–water partition coefficient (Wildman–Crippen LogP) is 19.1. The molecule has 81 heavy (non-hydrogen) atoms. The summed E-state index contributed by atoms with van der Waals surface area (Å²) in [6.07, 6.45) is 8.43. The summed E-state index contributed by atoms with van der Waals surface area (Å²) < 4.78 is 28.1. The number of pyridine rings is 1. The first-order valence-electron chi connectivity index (χ1n) is 26.4. The van der Waals surface area contributed by atoms with Crippen molar-refractivity contribution in [2.75, 3.05) is 21.3 Å². The molecule has 9 rings (SSSR count). The van der Waals surface area contributed by atoms with Gasteiger partial charge in [0.15, 0.2) is 0 Å². The van der Waals surface area contributed by atoms with Crippen molar-refractivity contribution in [3.05, 3.63) is 219 Å². The number of nitrogens with zero attached hydrogens (tertiary/aromatic N) is 1. The first-order chi connectivity index (χ1) is 38.7. The van der Waals surface area contributed by atoms with E-state index in [1.54, 1.807) is 0 Å². The summed E-state index contributed by atoms with van der Waals surface area (Å²) in [5, 5.41) is 1.17. The molecule has 1 aromatic heterocycles. The summed E-state index contributed by atoms with van der Waals surface area (Å²) >= 11 is 7.07. The molecule has 0 saturated carbocycles. The number of hydrogen-bond acceptors (Lipinski definition) is 12.